The number of ether oxygens (including phenoxy) is 1. The van der Waals surface area contributed by atoms with E-state index >= 15 is 0 Å². The van der Waals surface area contributed by atoms with Crippen molar-refractivity contribution in [3.8, 4) is 5.75 Å². The lowest BCUT2D eigenvalue weighted by atomic mass is 9.68. The normalized spacial score (nSPS) is 29.1. The maximum Gasteiger partial charge on any atom is 0.119 e. The maximum absolute atomic E-state index is 12.4. The minimum Gasteiger partial charge on any atom is -0.494 e. The molecule has 0 unspecified atom stereocenters. The van der Waals surface area contributed by atoms with E-state index in [1.165, 1.54) is 69.8 Å². The lowest BCUT2D eigenvalue weighted by Crippen LogP contribution is -2.25. The fraction of sp³-hybridized carbons (Fsp3) is 0.680. The predicted molar refractivity (Wildman–Crippen MR) is 112 cm³/mol. The van der Waals surface area contributed by atoms with Crippen molar-refractivity contribution in [2.75, 3.05) is 6.61 Å². The molecule has 1 aromatic carbocycles. The van der Waals surface area contributed by atoms with Gasteiger partial charge in [-0.3, -0.25) is 0 Å². The zero-order chi connectivity index (χ0) is 18.9. The Morgan fingerprint density at radius 1 is 0.889 bits per heavy atom. The van der Waals surface area contributed by atoms with Crippen molar-refractivity contribution in [1.29, 1.82) is 0 Å². The Morgan fingerprint density at radius 2 is 1.52 bits per heavy atom. The van der Waals surface area contributed by atoms with Gasteiger partial charge in [-0.1, -0.05) is 38.0 Å². The van der Waals surface area contributed by atoms with Gasteiger partial charge in [0.05, 0.1) is 12.9 Å². The standard InChI is InChI=1S/C25H37FO/c1-2-3-4-19-27-25-15-13-24(14-16-25)23-11-9-22(10-12-23)21-7-5-20(6-8-21)17-18-26/h13-18,20-23H,2-12,19H2,1H3/b18-17+. The summed E-state index contributed by atoms with van der Waals surface area (Å²) in [6.45, 7) is 3.06. The highest BCUT2D eigenvalue weighted by atomic mass is 19.1. The quantitative estimate of drug-likeness (QED) is 0.423. The third-order valence-electron chi connectivity index (χ3n) is 6.97. The van der Waals surface area contributed by atoms with Crippen molar-refractivity contribution in [3.05, 3.63) is 42.2 Å². The highest BCUT2D eigenvalue weighted by molar-refractivity contribution is 5.29. The molecule has 0 amide bonds. The van der Waals surface area contributed by atoms with E-state index in [1.807, 2.05) is 0 Å². The first kappa shape index (κ1) is 20.4. The number of allylic oxidation sites excluding steroid dienone is 1. The first-order chi connectivity index (χ1) is 13.3. The van der Waals surface area contributed by atoms with E-state index in [1.54, 1.807) is 6.08 Å². The molecule has 0 radical (unpaired) electrons. The molecule has 150 valence electrons. The molecule has 0 heterocycles. The summed E-state index contributed by atoms with van der Waals surface area (Å²) in [7, 11) is 0. The molecule has 1 nitrogen and oxygen atoms in total. The second kappa shape index (κ2) is 10.9. The van der Waals surface area contributed by atoms with E-state index in [9.17, 15) is 4.39 Å². The van der Waals surface area contributed by atoms with Gasteiger partial charge in [0.25, 0.3) is 0 Å². The van der Waals surface area contributed by atoms with Gasteiger partial charge in [-0.2, -0.15) is 0 Å². The second-order valence-electron chi connectivity index (χ2n) is 8.73. The van der Waals surface area contributed by atoms with Crippen molar-refractivity contribution in [2.24, 2.45) is 17.8 Å². The first-order valence-electron chi connectivity index (χ1n) is 11.3. The van der Waals surface area contributed by atoms with Crippen LogP contribution in [0.4, 0.5) is 4.39 Å². The van der Waals surface area contributed by atoms with Crippen LogP contribution in [0.3, 0.4) is 0 Å². The molecule has 0 aliphatic heterocycles. The SMILES string of the molecule is CCCCCOc1ccc(C2CCC(C3CCC(/C=C/F)CC3)CC2)cc1. The van der Waals surface area contributed by atoms with E-state index < -0.39 is 0 Å². The van der Waals surface area contributed by atoms with Crippen LogP contribution < -0.4 is 4.74 Å². The smallest absolute Gasteiger partial charge is 0.119 e. The number of unbranched alkanes of at least 4 members (excludes halogenated alkanes) is 2. The molecule has 2 fully saturated rings. The van der Waals surface area contributed by atoms with Crippen LogP contribution in [0.25, 0.3) is 0 Å². The predicted octanol–water partition coefficient (Wildman–Crippen LogP) is 7.82. The third kappa shape index (κ3) is 6.09. The fourth-order valence-corrected chi connectivity index (χ4v) is 5.21. The molecular formula is C25H37FO. The van der Waals surface area contributed by atoms with E-state index in [2.05, 4.69) is 31.2 Å². The minimum absolute atomic E-state index is 0.491. The Balaban J connectivity index is 1.41. The van der Waals surface area contributed by atoms with Gasteiger partial charge in [0.2, 0.25) is 0 Å². The number of hydrogen-bond donors (Lipinski definition) is 0. The summed E-state index contributed by atoms with van der Waals surface area (Å²) in [5, 5.41) is 0. The molecule has 2 saturated carbocycles. The van der Waals surface area contributed by atoms with E-state index in [4.69, 9.17) is 4.74 Å². The van der Waals surface area contributed by atoms with E-state index in [0.29, 0.717) is 5.92 Å². The summed E-state index contributed by atoms with van der Waals surface area (Å²) >= 11 is 0. The summed E-state index contributed by atoms with van der Waals surface area (Å²) in [5.74, 6) is 4.01. The van der Waals surface area contributed by atoms with Crippen LogP contribution in [0, 0.1) is 17.8 Å². The molecule has 0 atom stereocenters. The van der Waals surface area contributed by atoms with Gasteiger partial charge in [-0.05, 0) is 99.2 Å². The maximum atomic E-state index is 12.4. The summed E-state index contributed by atoms with van der Waals surface area (Å²) < 4.78 is 18.2. The molecule has 0 bridgehead atoms. The molecule has 0 aromatic heterocycles. The fourth-order valence-electron chi connectivity index (χ4n) is 5.21. The van der Waals surface area contributed by atoms with Crippen molar-refractivity contribution >= 4 is 0 Å². The molecule has 0 spiro atoms. The molecule has 1 aromatic rings. The van der Waals surface area contributed by atoms with Crippen LogP contribution in [-0.4, -0.2) is 6.61 Å². The zero-order valence-corrected chi connectivity index (χ0v) is 17.0. The lowest BCUT2D eigenvalue weighted by molar-refractivity contribution is 0.171. The van der Waals surface area contributed by atoms with Gasteiger partial charge in [0.15, 0.2) is 0 Å². The highest BCUT2D eigenvalue weighted by Crippen LogP contribution is 2.44. The second-order valence-corrected chi connectivity index (χ2v) is 8.73. The summed E-state index contributed by atoms with van der Waals surface area (Å²) in [4.78, 5) is 0. The topological polar surface area (TPSA) is 9.23 Å². The Kier molecular flexibility index (Phi) is 8.23. The van der Waals surface area contributed by atoms with E-state index in [0.717, 1.165) is 42.9 Å². The summed E-state index contributed by atoms with van der Waals surface area (Å²) in [5.41, 5.74) is 1.49. The molecule has 3 rings (SSSR count). The average molecular weight is 373 g/mol. The van der Waals surface area contributed by atoms with Gasteiger partial charge >= 0.3 is 0 Å². The number of rotatable bonds is 8. The molecule has 0 saturated heterocycles. The van der Waals surface area contributed by atoms with Gasteiger partial charge in [0, 0.05) is 0 Å². The summed E-state index contributed by atoms with van der Waals surface area (Å²) in [6, 6.07) is 8.89. The van der Waals surface area contributed by atoms with E-state index in [-0.39, 0.29) is 0 Å². The van der Waals surface area contributed by atoms with Crippen LogP contribution in [-0.2, 0) is 0 Å². The van der Waals surface area contributed by atoms with Crippen molar-refractivity contribution in [3.63, 3.8) is 0 Å². The lowest BCUT2D eigenvalue weighted by Gasteiger charge is -2.37. The van der Waals surface area contributed by atoms with Crippen molar-refractivity contribution < 1.29 is 9.13 Å². The number of benzene rings is 1. The van der Waals surface area contributed by atoms with Crippen molar-refractivity contribution in [1.82, 2.24) is 0 Å². The first-order valence-corrected chi connectivity index (χ1v) is 11.3. The highest BCUT2D eigenvalue weighted by Gasteiger charge is 2.30. The molecule has 0 N–H and O–H groups in total. The molecular weight excluding hydrogens is 335 g/mol. The Bertz CT molecular complexity index is 548. The third-order valence-corrected chi connectivity index (χ3v) is 6.97. The summed E-state index contributed by atoms with van der Waals surface area (Å²) in [6.07, 6.45) is 16.5. The largest absolute Gasteiger partial charge is 0.494 e. The zero-order valence-electron chi connectivity index (χ0n) is 17.0. The molecule has 2 aliphatic carbocycles. The molecule has 2 aliphatic rings. The minimum atomic E-state index is 0.491. The van der Waals surface area contributed by atoms with Gasteiger partial charge in [-0.25, -0.2) is 4.39 Å². The number of hydrogen-bond acceptors (Lipinski definition) is 1. The van der Waals surface area contributed by atoms with Gasteiger partial charge in [-0.15, -0.1) is 0 Å². The van der Waals surface area contributed by atoms with Crippen molar-refractivity contribution in [2.45, 2.75) is 83.5 Å². The van der Waals surface area contributed by atoms with Crippen LogP contribution in [0.5, 0.6) is 5.75 Å². The van der Waals surface area contributed by atoms with Crippen LogP contribution in [0.1, 0.15) is 89.0 Å². The molecule has 27 heavy (non-hydrogen) atoms. The number of halogens is 1. The van der Waals surface area contributed by atoms with Crippen LogP contribution in [0.2, 0.25) is 0 Å². The Hall–Kier alpha value is -1.31. The van der Waals surface area contributed by atoms with Crippen LogP contribution >= 0.6 is 0 Å². The Labute approximate surface area is 165 Å². The Morgan fingerprint density at radius 3 is 2.11 bits per heavy atom. The van der Waals surface area contributed by atoms with Crippen LogP contribution in [0.15, 0.2) is 36.7 Å². The average Bonchev–Trinajstić information content (AvgIpc) is 2.73. The van der Waals surface area contributed by atoms with Gasteiger partial charge < -0.3 is 4.74 Å². The monoisotopic (exact) mass is 372 g/mol. The van der Waals surface area contributed by atoms with Gasteiger partial charge in [0.1, 0.15) is 5.75 Å². The molecule has 2 heteroatoms.